The average molecular weight is 421 g/mol. The number of nitrogens with zero attached hydrogens (tertiary/aromatic N) is 2. The first-order valence-corrected chi connectivity index (χ1v) is 11.6. The fourth-order valence-electron chi connectivity index (χ4n) is 3.71. The summed E-state index contributed by atoms with van der Waals surface area (Å²) in [7, 11) is -3.29. The van der Waals surface area contributed by atoms with Gasteiger partial charge in [0.25, 0.3) is 5.91 Å². The minimum atomic E-state index is -3.29. The van der Waals surface area contributed by atoms with E-state index in [9.17, 15) is 13.2 Å². The van der Waals surface area contributed by atoms with E-state index in [1.165, 1.54) is 4.31 Å². The maximum Gasteiger partial charge on any atom is 0.254 e. The van der Waals surface area contributed by atoms with Crippen LogP contribution >= 0.6 is 0 Å². The van der Waals surface area contributed by atoms with Crippen LogP contribution in [0.4, 0.5) is 5.69 Å². The van der Waals surface area contributed by atoms with Gasteiger partial charge in [0.2, 0.25) is 10.0 Å². The van der Waals surface area contributed by atoms with E-state index in [1.54, 1.807) is 29.2 Å². The maximum absolute atomic E-state index is 13.4. The molecule has 0 unspecified atom stereocenters. The first kappa shape index (κ1) is 20.2. The van der Waals surface area contributed by atoms with E-state index in [1.807, 2.05) is 60.7 Å². The molecular formula is C24H24N2O3S. The molecule has 0 N–H and O–H groups in total. The zero-order chi connectivity index (χ0) is 21.0. The van der Waals surface area contributed by atoms with Crippen molar-refractivity contribution in [3.8, 4) is 0 Å². The van der Waals surface area contributed by atoms with Crippen LogP contribution in [0.2, 0.25) is 0 Å². The molecule has 1 amide bonds. The molecule has 30 heavy (non-hydrogen) atoms. The number of carbonyl (C=O) groups excluding carboxylic acids is 1. The zero-order valence-corrected chi connectivity index (χ0v) is 17.5. The molecule has 0 atom stereocenters. The van der Waals surface area contributed by atoms with Gasteiger partial charge in [-0.1, -0.05) is 66.7 Å². The van der Waals surface area contributed by atoms with E-state index in [-0.39, 0.29) is 11.7 Å². The lowest BCUT2D eigenvalue weighted by atomic mass is 10.1. The van der Waals surface area contributed by atoms with E-state index in [0.717, 1.165) is 11.1 Å². The molecule has 0 saturated carbocycles. The molecule has 0 radical (unpaired) electrons. The van der Waals surface area contributed by atoms with Crippen molar-refractivity contribution in [2.75, 3.05) is 16.6 Å². The first-order valence-electron chi connectivity index (χ1n) is 10.0. The molecule has 6 heteroatoms. The molecule has 1 saturated heterocycles. The highest BCUT2D eigenvalue weighted by Gasteiger charge is 2.29. The van der Waals surface area contributed by atoms with Gasteiger partial charge >= 0.3 is 0 Å². The number of anilines is 1. The van der Waals surface area contributed by atoms with E-state index >= 15 is 0 Å². The van der Waals surface area contributed by atoms with Gasteiger partial charge in [-0.3, -0.25) is 9.10 Å². The lowest BCUT2D eigenvalue weighted by molar-refractivity contribution is 0.0730. The molecule has 1 aliphatic heterocycles. The van der Waals surface area contributed by atoms with Crippen molar-refractivity contribution >= 4 is 21.6 Å². The second kappa shape index (κ2) is 8.71. The lowest BCUT2D eigenvalue weighted by Gasteiger charge is -2.24. The molecule has 4 rings (SSSR count). The Morgan fingerprint density at radius 2 is 1.43 bits per heavy atom. The molecular weight excluding hydrogens is 396 g/mol. The van der Waals surface area contributed by atoms with Crippen molar-refractivity contribution in [2.24, 2.45) is 0 Å². The van der Waals surface area contributed by atoms with Crippen LogP contribution in [0.5, 0.6) is 0 Å². The van der Waals surface area contributed by atoms with Gasteiger partial charge in [-0.2, -0.15) is 0 Å². The standard InChI is InChI=1S/C24H24N2O3S/c27-24(22-13-7-14-23(17-22)26-15-8-16-30(26,28)29)25(18-20-9-3-1-4-10-20)19-21-11-5-2-6-12-21/h1-7,9-14,17H,8,15-16,18-19H2. The number of amides is 1. The Balaban J connectivity index is 1.63. The average Bonchev–Trinajstić information content (AvgIpc) is 3.13. The smallest absolute Gasteiger partial charge is 0.254 e. The highest BCUT2D eigenvalue weighted by atomic mass is 32.2. The van der Waals surface area contributed by atoms with Gasteiger partial charge in [-0.25, -0.2) is 8.42 Å². The van der Waals surface area contributed by atoms with Gasteiger partial charge in [-0.15, -0.1) is 0 Å². The Morgan fingerprint density at radius 1 is 0.833 bits per heavy atom. The number of hydrogen-bond donors (Lipinski definition) is 0. The van der Waals surface area contributed by atoms with Crippen LogP contribution in [-0.4, -0.2) is 31.5 Å². The van der Waals surface area contributed by atoms with Crippen LogP contribution in [-0.2, 0) is 23.1 Å². The second-order valence-electron chi connectivity index (χ2n) is 7.42. The molecule has 3 aromatic rings. The Morgan fingerprint density at radius 3 is 1.97 bits per heavy atom. The topological polar surface area (TPSA) is 57.7 Å². The van der Waals surface area contributed by atoms with Crippen molar-refractivity contribution in [1.82, 2.24) is 4.90 Å². The summed E-state index contributed by atoms with van der Waals surface area (Å²) in [4.78, 5) is 15.2. The normalized spacial score (nSPS) is 15.1. The molecule has 1 fully saturated rings. The summed E-state index contributed by atoms with van der Waals surface area (Å²) in [5.74, 6) is 0.0282. The van der Waals surface area contributed by atoms with Gasteiger partial charge in [0, 0.05) is 25.2 Å². The Hall–Kier alpha value is -3.12. The highest BCUT2D eigenvalue weighted by Crippen LogP contribution is 2.25. The van der Waals surface area contributed by atoms with E-state index in [0.29, 0.717) is 37.3 Å². The van der Waals surface area contributed by atoms with Crippen LogP contribution in [0.15, 0.2) is 84.9 Å². The summed E-state index contributed by atoms with van der Waals surface area (Å²) in [6.45, 7) is 1.40. The third-order valence-electron chi connectivity index (χ3n) is 5.20. The molecule has 0 aliphatic carbocycles. The summed E-state index contributed by atoms with van der Waals surface area (Å²) >= 11 is 0. The monoisotopic (exact) mass is 420 g/mol. The predicted molar refractivity (Wildman–Crippen MR) is 119 cm³/mol. The van der Waals surface area contributed by atoms with Crippen molar-refractivity contribution in [3.63, 3.8) is 0 Å². The molecule has 0 aromatic heterocycles. The maximum atomic E-state index is 13.4. The summed E-state index contributed by atoms with van der Waals surface area (Å²) in [5, 5.41) is 0. The minimum Gasteiger partial charge on any atom is -0.330 e. The third kappa shape index (κ3) is 4.54. The number of rotatable bonds is 6. The quantitative estimate of drug-likeness (QED) is 0.604. The fraction of sp³-hybridized carbons (Fsp3) is 0.208. The SMILES string of the molecule is O=C(c1cccc(N2CCCS2(=O)=O)c1)N(Cc1ccccc1)Cc1ccccc1. The van der Waals surface area contributed by atoms with Gasteiger partial charge in [0.1, 0.15) is 0 Å². The van der Waals surface area contributed by atoms with Crippen LogP contribution in [0.25, 0.3) is 0 Å². The van der Waals surface area contributed by atoms with Crippen molar-refractivity contribution < 1.29 is 13.2 Å². The molecule has 0 spiro atoms. The number of carbonyl (C=O) groups is 1. The number of benzene rings is 3. The molecule has 0 bridgehead atoms. The predicted octanol–water partition coefficient (Wildman–Crippen LogP) is 4.07. The Labute approximate surface area is 177 Å². The third-order valence-corrected chi connectivity index (χ3v) is 7.07. The van der Waals surface area contributed by atoms with Crippen molar-refractivity contribution in [2.45, 2.75) is 19.5 Å². The van der Waals surface area contributed by atoms with Gasteiger partial charge < -0.3 is 4.90 Å². The zero-order valence-electron chi connectivity index (χ0n) is 16.6. The van der Waals surface area contributed by atoms with E-state index in [2.05, 4.69) is 0 Å². The number of sulfonamides is 1. The van der Waals surface area contributed by atoms with Gasteiger partial charge in [-0.05, 0) is 35.7 Å². The van der Waals surface area contributed by atoms with Gasteiger partial charge in [0.15, 0.2) is 0 Å². The first-order chi connectivity index (χ1) is 14.5. The number of hydrogen-bond acceptors (Lipinski definition) is 3. The second-order valence-corrected chi connectivity index (χ2v) is 9.44. The summed E-state index contributed by atoms with van der Waals surface area (Å²) in [6, 6.07) is 26.7. The summed E-state index contributed by atoms with van der Waals surface area (Å²) in [6.07, 6.45) is 0.606. The fourth-order valence-corrected chi connectivity index (χ4v) is 5.27. The Bertz CT molecular complexity index is 1070. The molecule has 154 valence electrons. The van der Waals surface area contributed by atoms with Crippen molar-refractivity contribution in [3.05, 3.63) is 102 Å². The summed E-state index contributed by atoms with van der Waals surface area (Å²) < 4.78 is 26.0. The van der Waals surface area contributed by atoms with Crippen LogP contribution in [0.1, 0.15) is 27.9 Å². The van der Waals surface area contributed by atoms with Crippen LogP contribution in [0, 0.1) is 0 Å². The van der Waals surface area contributed by atoms with E-state index < -0.39 is 10.0 Å². The van der Waals surface area contributed by atoms with Gasteiger partial charge in [0.05, 0.1) is 11.4 Å². The largest absolute Gasteiger partial charge is 0.330 e. The van der Waals surface area contributed by atoms with Crippen LogP contribution < -0.4 is 4.31 Å². The van der Waals surface area contributed by atoms with Crippen molar-refractivity contribution in [1.29, 1.82) is 0 Å². The molecule has 5 nitrogen and oxygen atoms in total. The summed E-state index contributed by atoms with van der Waals surface area (Å²) in [5.41, 5.74) is 3.12. The molecule has 1 aliphatic rings. The van der Waals surface area contributed by atoms with E-state index in [4.69, 9.17) is 0 Å². The van der Waals surface area contributed by atoms with Crippen LogP contribution in [0.3, 0.4) is 0 Å². The Kier molecular flexibility index (Phi) is 5.86. The molecule has 1 heterocycles. The highest BCUT2D eigenvalue weighted by molar-refractivity contribution is 7.93. The minimum absolute atomic E-state index is 0.124. The lowest BCUT2D eigenvalue weighted by Crippen LogP contribution is -2.30. The molecule has 3 aromatic carbocycles.